The molecule has 96 valence electrons. The zero-order valence-corrected chi connectivity index (χ0v) is 10.1. The average Bonchev–Trinajstić information content (AvgIpc) is 2.36. The molecule has 0 heterocycles. The predicted molar refractivity (Wildman–Crippen MR) is 62.0 cm³/mol. The standard InChI is InChI=1S/C13H14FNO3/c1-7(8(2)13(17)18)12(16)9-3-4-11(14)10(5-9)6-15/h3-5,7-8,12,16H,1-2H3,(H,17,18). The van der Waals surface area contributed by atoms with Crippen LogP contribution >= 0.6 is 0 Å². The van der Waals surface area contributed by atoms with Gasteiger partial charge in [-0.25, -0.2) is 4.39 Å². The number of aliphatic carboxylic acids is 1. The second kappa shape index (κ2) is 5.61. The largest absolute Gasteiger partial charge is 0.481 e. The van der Waals surface area contributed by atoms with Gasteiger partial charge in [-0.05, 0) is 23.6 Å². The van der Waals surface area contributed by atoms with E-state index in [4.69, 9.17) is 10.4 Å². The number of nitriles is 1. The first-order chi connectivity index (χ1) is 8.38. The number of hydrogen-bond donors (Lipinski definition) is 2. The van der Waals surface area contributed by atoms with E-state index in [0.717, 1.165) is 6.07 Å². The lowest BCUT2D eigenvalue weighted by Crippen LogP contribution is -2.24. The van der Waals surface area contributed by atoms with E-state index in [1.807, 2.05) is 0 Å². The van der Waals surface area contributed by atoms with Crippen molar-refractivity contribution in [3.8, 4) is 6.07 Å². The van der Waals surface area contributed by atoms with Gasteiger partial charge in [-0.1, -0.05) is 19.9 Å². The highest BCUT2D eigenvalue weighted by Crippen LogP contribution is 2.28. The summed E-state index contributed by atoms with van der Waals surface area (Å²) in [6.45, 7) is 3.09. The number of hydrogen-bond acceptors (Lipinski definition) is 3. The zero-order valence-electron chi connectivity index (χ0n) is 10.1. The van der Waals surface area contributed by atoms with E-state index in [1.165, 1.54) is 19.1 Å². The molecule has 3 unspecified atom stereocenters. The van der Waals surface area contributed by atoms with Crippen molar-refractivity contribution >= 4 is 5.97 Å². The van der Waals surface area contributed by atoms with Gasteiger partial charge in [-0.2, -0.15) is 5.26 Å². The molecule has 1 rings (SSSR count). The Morgan fingerprint density at radius 2 is 2.06 bits per heavy atom. The molecule has 0 spiro atoms. The summed E-state index contributed by atoms with van der Waals surface area (Å²) >= 11 is 0. The second-order valence-corrected chi connectivity index (χ2v) is 4.28. The van der Waals surface area contributed by atoms with Crippen molar-refractivity contribution in [3.05, 3.63) is 35.1 Å². The third-order valence-corrected chi connectivity index (χ3v) is 3.13. The van der Waals surface area contributed by atoms with Gasteiger partial charge < -0.3 is 10.2 Å². The van der Waals surface area contributed by atoms with E-state index in [2.05, 4.69) is 0 Å². The Morgan fingerprint density at radius 1 is 1.44 bits per heavy atom. The van der Waals surface area contributed by atoms with Crippen LogP contribution in [-0.2, 0) is 4.79 Å². The van der Waals surface area contributed by atoms with Crippen molar-refractivity contribution in [2.75, 3.05) is 0 Å². The molecule has 0 amide bonds. The van der Waals surface area contributed by atoms with Crippen LogP contribution in [0.25, 0.3) is 0 Å². The maximum Gasteiger partial charge on any atom is 0.306 e. The van der Waals surface area contributed by atoms with Gasteiger partial charge in [0.15, 0.2) is 0 Å². The molecular formula is C13H14FNO3. The van der Waals surface area contributed by atoms with Gasteiger partial charge in [0, 0.05) is 0 Å². The number of rotatable bonds is 4. The highest BCUT2D eigenvalue weighted by molar-refractivity contribution is 5.69. The molecule has 0 aliphatic heterocycles. The number of carboxylic acids is 1. The first kappa shape index (κ1) is 14.1. The molecule has 0 radical (unpaired) electrons. The summed E-state index contributed by atoms with van der Waals surface area (Å²) < 4.78 is 13.1. The van der Waals surface area contributed by atoms with Crippen molar-refractivity contribution in [2.24, 2.45) is 11.8 Å². The first-order valence-corrected chi connectivity index (χ1v) is 5.49. The molecule has 5 heteroatoms. The molecule has 0 bridgehead atoms. The van der Waals surface area contributed by atoms with Crippen LogP contribution < -0.4 is 0 Å². The molecular weight excluding hydrogens is 237 g/mol. The minimum atomic E-state index is -1.05. The van der Waals surface area contributed by atoms with Gasteiger partial charge in [-0.3, -0.25) is 4.79 Å². The summed E-state index contributed by atoms with van der Waals surface area (Å²) in [5, 5.41) is 27.6. The maximum atomic E-state index is 13.1. The fraction of sp³-hybridized carbons (Fsp3) is 0.385. The Bertz CT molecular complexity index is 495. The molecule has 0 saturated carbocycles. The van der Waals surface area contributed by atoms with Crippen molar-refractivity contribution in [1.82, 2.24) is 0 Å². The van der Waals surface area contributed by atoms with Gasteiger partial charge in [0.2, 0.25) is 0 Å². The number of carboxylic acid groups (broad SMARTS) is 1. The lowest BCUT2D eigenvalue weighted by atomic mass is 9.86. The molecule has 18 heavy (non-hydrogen) atoms. The molecule has 2 N–H and O–H groups in total. The molecule has 0 aliphatic rings. The van der Waals surface area contributed by atoms with E-state index in [0.29, 0.717) is 5.56 Å². The SMILES string of the molecule is CC(C(=O)O)C(C)C(O)c1ccc(F)c(C#N)c1. The third-order valence-electron chi connectivity index (χ3n) is 3.13. The van der Waals surface area contributed by atoms with Crippen LogP contribution in [0.3, 0.4) is 0 Å². The minimum absolute atomic E-state index is 0.165. The Labute approximate surface area is 104 Å². The van der Waals surface area contributed by atoms with Crippen LogP contribution in [0.2, 0.25) is 0 Å². The number of halogens is 1. The van der Waals surface area contributed by atoms with Crippen LogP contribution in [-0.4, -0.2) is 16.2 Å². The Morgan fingerprint density at radius 3 is 2.56 bits per heavy atom. The monoisotopic (exact) mass is 251 g/mol. The summed E-state index contributed by atoms with van der Waals surface area (Å²) in [7, 11) is 0. The highest BCUT2D eigenvalue weighted by atomic mass is 19.1. The molecule has 0 fully saturated rings. The Hall–Kier alpha value is -1.93. The summed E-state index contributed by atoms with van der Waals surface area (Å²) in [6.07, 6.45) is -1.05. The van der Waals surface area contributed by atoms with Gasteiger partial charge in [0.1, 0.15) is 11.9 Å². The van der Waals surface area contributed by atoms with Crippen LogP contribution in [0.15, 0.2) is 18.2 Å². The molecule has 0 aromatic heterocycles. The molecule has 4 nitrogen and oxygen atoms in total. The molecule has 1 aromatic rings. The van der Waals surface area contributed by atoms with Gasteiger partial charge in [-0.15, -0.1) is 0 Å². The average molecular weight is 251 g/mol. The van der Waals surface area contributed by atoms with Gasteiger partial charge in [0.05, 0.1) is 17.6 Å². The summed E-state index contributed by atoms with van der Waals surface area (Å²) in [5.41, 5.74) is 0.176. The van der Waals surface area contributed by atoms with Crippen molar-refractivity contribution in [3.63, 3.8) is 0 Å². The van der Waals surface area contributed by atoms with E-state index in [9.17, 15) is 14.3 Å². The van der Waals surface area contributed by atoms with Crippen molar-refractivity contribution < 1.29 is 19.4 Å². The summed E-state index contributed by atoms with van der Waals surface area (Å²) in [4.78, 5) is 10.8. The van der Waals surface area contributed by atoms with E-state index < -0.39 is 29.7 Å². The topological polar surface area (TPSA) is 81.3 Å². The Kier molecular flexibility index (Phi) is 4.40. The maximum absolute atomic E-state index is 13.1. The van der Waals surface area contributed by atoms with E-state index >= 15 is 0 Å². The summed E-state index contributed by atoms with van der Waals surface area (Å²) in [5.74, 6) is -2.95. The van der Waals surface area contributed by atoms with Crippen molar-refractivity contribution in [2.45, 2.75) is 20.0 Å². The molecule has 0 aliphatic carbocycles. The third kappa shape index (κ3) is 2.84. The normalized spacial score (nSPS) is 15.5. The minimum Gasteiger partial charge on any atom is -0.481 e. The molecule has 1 aromatic carbocycles. The predicted octanol–water partition coefficient (Wildman–Crippen LogP) is 2.09. The Balaban J connectivity index is 3.01. The van der Waals surface area contributed by atoms with E-state index in [-0.39, 0.29) is 5.56 Å². The summed E-state index contributed by atoms with van der Waals surface area (Å²) in [6, 6.07) is 5.37. The van der Waals surface area contributed by atoms with Crippen LogP contribution in [0, 0.1) is 29.0 Å². The fourth-order valence-electron chi connectivity index (χ4n) is 1.61. The molecule has 0 saturated heterocycles. The zero-order chi connectivity index (χ0) is 13.9. The van der Waals surface area contributed by atoms with Crippen LogP contribution in [0.4, 0.5) is 4.39 Å². The first-order valence-electron chi connectivity index (χ1n) is 5.49. The number of nitrogens with zero attached hydrogens (tertiary/aromatic N) is 1. The number of carbonyl (C=O) groups is 1. The lowest BCUT2D eigenvalue weighted by Gasteiger charge is -2.22. The van der Waals surface area contributed by atoms with Gasteiger partial charge >= 0.3 is 5.97 Å². The lowest BCUT2D eigenvalue weighted by molar-refractivity contribution is -0.144. The van der Waals surface area contributed by atoms with E-state index in [1.54, 1.807) is 13.0 Å². The smallest absolute Gasteiger partial charge is 0.306 e. The van der Waals surface area contributed by atoms with Crippen molar-refractivity contribution in [1.29, 1.82) is 5.26 Å². The molecule has 3 atom stereocenters. The quantitative estimate of drug-likeness (QED) is 0.858. The fourth-order valence-corrected chi connectivity index (χ4v) is 1.61. The van der Waals surface area contributed by atoms with Crippen LogP contribution in [0.5, 0.6) is 0 Å². The van der Waals surface area contributed by atoms with Crippen LogP contribution in [0.1, 0.15) is 31.1 Å². The number of aliphatic hydroxyl groups excluding tert-OH is 1. The number of benzene rings is 1. The number of aliphatic hydroxyl groups is 1. The van der Waals surface area contributed by atoms with Gasteiger partial charge in [0.25, 0.3) is 0 Å². The second-order valence-electron chi connectivity index (χ2n) is 4.28. The highest BCUT2D eigenvalue weighted by Gasteiger charge is 2.27.